The first-order valence-corrected chi connectivity index (χ1v) is 6.94. The fraction of sp³-hybridized carbons (Fsp3) is 0.500. The van der Waals surface area contributed by atoms with E-state index in [1.165, 1.54) is 6.20 Å². The number of carbonyl (C=O) groups is 1. The molecular weight excluding hydrogens is 320 g/mol. The summed E-state index contributed by atoms with van der Waals surface area (Å²) in [6.07, 6.45) is 2.51. The van der Waals surface area contributed by atoms with Crippen molar-refractivity contribution in [1.82, 2.24) is 10.3 Å². The number of nitrogens with one attached hydrogen (secondary N) is 1. The van der Waals surface area contributed by atoms with Gasteiger partial charge in [0.2, 0.25) is 0 Å². The summed E-state index contributed by atoms with van der Waals surface area (Å²) in [7, 11) is 0. The molecule has 2 atom stereocenters. The summed E-state index contributed by atoms with van der Waals surface area (Å²) in [5.41, 5.74) is 0.328. The van der Waals surface area contributed by atoms with Crippen LogP contribution in [-0.4, -0.2) is 30.1 Å². The smallest absolute Gasteiger partial charge is 0.270 e. The standard InChI is InChI=1S/C12H14BrClN2O2/c1-7(8-2-3-18-6-8)16-12(17)11-4-10(14)9(13)5-15-11/h4-5,7-8H,2-3,6H2,1H3,(H,16,17). The Kier molecular flexibility index (Phi) is 4.59. The molecule has 1 amide bonds. The highest BCUT2D eigenvalue weighted by atomic mass is 79.9. The maximum Gasteiger partial charge on any atom is 0.270 e. The highest BCUT2D eigenvalue weighted by Gasteiger charge is 2.24. The van der Waals surface area contributed by atoms with E-state index in [4.69, 9.17) is 16.3 Å². The summed E-state index contributed by atoms with van der Waals surface area (Å²) in [5.74, 6) is 0.170. The number of ether oxygens (including phenoxy) is 1. The number of carbonyl (C=O) groups excluding carboxylic acids is 1. The van der Waals surface area contributed by atoms with Gasteiger partial charge >= 0.3 is 0 Å². The van der Waals surface area contributed by atoms with Crippen LogP contribution in [0.15, 0.2) is 16.7 Å². The van der Waals surface area contributed by atoms with Crippen molar-refractivity contribution in [3.63, 3.8) is 0 Å². The van der Waals surface area contributed by atoms with Crippen LogP contribution in [0.2, 0.25) is 5.02 Å². The highest BCUT2D eigenvalue weighted by Crippen LogP contribution is 2.22. The molecule has 2 heterocycles. The molecule has 1 N–H and O–H groups in total. The summed E-state index contributed by atoms with van der Waals surface area (Å²) in [6.45, 7) is 3.46. The van der Waals surface area contributed by atoms with E-state index in [2.05, 4.69) is 26.2 Å². The molecule has 4 nitrogen and oxygen atoms in total. The molecule has 1 aromatic heterocycles. The molecule has 2 rings (SSSR count). The molecule has 18 heavy (non-hydrogen) atoms. The zero-order chi connectivity index (χ0) is 13.1. The molecule has 1 aliphatic heterocycles. The van der Waals surface area contributed by atoms with E-state index in [1.54, 1.807) is 6.07 Å². The predicted octanol–water partition coefficient (Wildman–Crippen LogP) is 2.65. The van der Waals surface area contributed by atoms with Crippen molar-refractivity contribution in [2.24, 2.45) is 5.92 Å². The number of halogens is 2. The summed E-state index contributed by atoms with van der Waals surface area (Å²) < 4.78 is 5.98. The lowest BCUT2D eigenvalue weighted by Crippen LogP contribution is -2.38. The molecule has 0 aromatic carbocycles. The Morgan fingerprint density at radius 2 is 2.50 bits per heavy atom. The summed E-state index contributed by atoms with van der Waals surface area (Å²) >= 11 is 9.18. The molecule has 98 valence electrons. The van der Waals surface area contributed by atoms with Gasteiger partial charge in [-0.2, -0.15) is 0 Å². The molecule has 1 aromatic rings. The van der Waals surface area contributed by atoms with Crippen molar-refractivity contribution in [2.45, 2.75) is 19.4 Å². The lowest BCUT2D eigenvalue weighted by Gasteiger charge is -2.18. The van der Waals surface area contributed by atoms with Gasteiger partial charge in [-0.15, -0.1) is 0 Å². The SMILES string of the molecule is CC(NC(=O)c1cc(Cl)c(Br)cn1)C1CCOC1. The zero-order valence-corrected chi connectivity index (χ0v) is 12.3. The molecule has 0 aliphatic carbocycles. The monoisotopic (exact) mass is 332 g/mol. The van der Waals surface area contributed by atoms with E-state index in [-0.39, 0.29) is 11.9 Å². The first kappa shape index (κ1) is 13.8. The molecule has 6 heteroatoms. The van der Waals surface area contributed by atoms with Crippen LogP contribution in [0.25, 0.3) is 0 Å². The van der Waals surface area contributed by atoms with Crippen LogP contribution in [0.1, 0.15) is 23.8 Å². The van der Waals surface area contributed by atoms with Gasteiger partial charge in [0.15, 0.2) is 0 Å². The molecule has 2 unspecified atom stereocenters. The van der Waals surface area contributed by atoms with Crippen molar-refractivity contribution in [1.29, 1.82) is 0 Å². The number of nitrogens with zero attached hydrogens (tertiary/aromatic N) is 1. The Bertz CT molecular complexity index is 450. The number of aromatic nitrogens is 1. The molecular formula is C12H14BrClN2O2. The Morgan fingerprint density at radius 1 is 1.72 bits per heavy atom. The second-order valence-corrected chi connectivity index (χ2v) is 5.63. The van der Waals surface area contributed by atoms with Crippen LogP contribution in [0.4, 0.5) is 0 Å². The first-order chi connectivity index (χ1) is 8.58. The van der Waals surface area contributed by atoms with Gasteiger partial charge in [0.25, 0.3) is 5.91 Å². The Morgan fingerprint density at radius 3 is 3.11 bits per heavy atom. The Hall–Kier alpha value is -0.650. The Balaban J connectivity index is 2.00. The maximum absolute atomic E-state index is 12.0. The number of amides is 1. The molecule has 1 fully saturated rings. The van der Waals surface area contributed by atoms with Gasteiger partial charge in [0.05, 0.1) is 16.1 Å². The number of pyridine rings is 1. The summed E-state index contributed by atoms with van der Waals surface area (Å²) in [5, 5.41) is 3.41. The molecule has 1 aliphatic rings. The number of hydrogen-bond acceptors (Lipinski definition) is 3. The lowest BCUT2D eigenvalue weighted by atomic mass is 10.0. The quantitative estimate of drug-likeness (QED) is 0.925. The van der Waals surface area contributed by atoms with Crippen molar-refractivity contribution in [2.75, 3.05) is 13.2 Å². The maximum atomic E-state index is 12.0. The predicted molar refractivity (Wildman–Crippen MR) is 72.8 cm³/mol. The average molecular weight is 334 g/mol. The molecule has 1 saturated heterocycles. The van der Waals surface area contributed by atoms with Crippen LogP contribution in [-0.2, 0) is 4.74 Å². The third kappa shape index (κ3) is 3.22. The van der Waals surface area contributed by atoms with Crippen molar-refractivity contribution < 1.29 is 9.53 Å². The summed E-state index contributed by atoms with van der Waals surface area (Å²) in [6, 6.07) is 1.63. The van der Waals surface area contributed by atoms with E-state index in [1.807, 2.05) is 6.92 Å². The third-order valence-electron chi connectivity index (χ3n) is 3.07. The minimum Gasteiger partial charge on any atom is -0.381 e. The minimum absolute atomic E-state index is 0.0734. The average Bonchev–Trinajstić information content (AvgIpc) is 2.86. The summed E-state index contributed by atoms with van der Waals surface area (Å²) in [4.78, 5) is 16.0. The third-order valence-corrected chi connectivity index (χ3v) is 4.24. The second kappa shape index (κ2) is 5.99. The van der Waals surface area contributed by atoms with E-state index >= 15 is 0 Å². The normalized spacial score (nSPS) is 20.7. The van der Waals surface area contributed by atoms with Crippen molar-refractivity contribution in [3.05, 3.63) is 27.5 Å². The lowest BCUT2D eigenvalue weighted by molar-refractivity contribution is 0.0917. The fourth-order valence-electron chi connectivity index (χ4n) is 1.88. The fourth-order valence-corrected chi connectivity index (χ4v) is 2.25. The number of hydrogen-bond donors (Lipinski definition) is 1. The van der Waals surface area contributed by atoms with Gasteiger partial charge in [-0.1, -0.05) is 11.6 Å². The molecule has 0 radical (unpaired) electrons. The second-order valence-electron chi connectivity index (χ2n) is 4.37. The molecule has 0 saturated carbocycles. The van der Waals surface area contributed by atoms with Crippen LogP contribution in [0, 0.1) is 5.92 Å². The van der Waals surface area contributed by atoms with Crippen LogP contribution in [0.5, 0.6) is 0 Å². The first-order valence-electron chi connectivity index (χ1n) is 5.77. The number of rotatable bonds is 3. The van der Waals surface area contributed by atoms with E-state index < -0.39 is 0 Å². The van der Waals surface area contributed by atoms with Crippen LogP contribution >= 0.6 is 27.5 Å². The van der Waals surface area contributed by atoms with Crippen LogP contribution < -0.4 is 5.32 Å². The van der Waals surface area contributed by atoms with E-state index in [0.717, 1.165) is 13.0 Å². The van der Waals surface area contributed by atoms with Crippen LogP contribution in [0.3, 0.4) is 0 Å². The molecule has 0 spiro atoms. The van der Waals surface area contributed by atoms with Gasteiger partial charge < -0.3 is 10.1 Å². The van der Waals surface area contributed by atoms with Gasteiger partial charge in [0, 0.05) is 24.8 Å². The van der Waals surface area contributed by atoms with Gasteiger partial charge in [0.1, 0.15) is 5.69 Å². The Labute approximate surface area is 119 Å². The van der Waals surface area contributed by atoms with E-state index in [0.29, 0.717) is 27.7 Å². The largest absolute Gasteiger partial charge is 0.381 e. The van der Waals surface area contributed by atoms with Gasteiger partial charge in [-0.05, 0) is 35.3 Å². The van der Waals surface area contributed by atoms with Crippen molar-refractivity contribution >= 4 is 33.4 Å². The van der Waals surface area contributed by atoms with Gasteiger partial charge in [-0.3, -0.25) is 4.79 Å². The molecule has 0 bridgehead atoms. The highest BCUT2D eigenvalue weighted by molar-refractivity contribution is 9.10. The minimum atomic E-state index is -0.205. The zero-order valence-electron chi connectivity index (χ0n) is 9.95. The van der Waals surface area contributed by atoms with Gasteiger partial charge in [-0.25, -0.2) is 4.98 Å². The van der Waals surface area contributed by atoms with E-state index in [9.17, 15) is 4.79 Å². The topological polar surface area (TPSA) is 51.2 Å². The van der Waals surface area contributed by atoms with Crippen molar-refractivity contribution in [3.8, 4) is 0 Å².